The number of anilines is 1. The highest BCUT2D eigenvalue weighted by Gasteiger charge is 2.13. The Morgan fingerprint density at radius 2 is 2.13 bits per heavy atom. The lowest BCUT2D eigenvalue weighted by Crippen LogP contribution is -2.14. The molecule has 1 amide bonds. The van der Waals surface area contributed by atoms with E-state index in [1.54, 1.807) is 43.5 Å². The van der Waals surface area contributed by atoms with Gasteiger partial charge < -0.3 is 10.1 Å². The second-order valence-electron chi connectivity index (χ2n) is 4.60. The molecule has 3 aromatic rings. The molecule has 3 rings (SSSR count). The maximum atomic E-state index is 12.5. The van der Waals surface area contributed by atoms with Crippen molar-refractivity contribution in [1.82, 2.24) is 20.2 Å². The first-order valence-electron chi connectivity index (χ1n) is 6.65. The first-order chi connectivity index (χ1) is 11.2. The quantitative estimate of drug-likeness (QED) is 0.760. The number of carbonyl (C=O) groups is 1. The first-order valence-corrected chi connectivity index (χ1v) is 7.45. The Balaban J connectivity index is 1.96. The number of nitrogens with zero attached hydrogens (tertiary/aromatic N) is 4. The molecule has 1 heterocycles. The zero-order valence-electron chi connectivity index (χ0n) is 12.1. The number of methoxy groups -OCH3 is 1. The van der Waals surface area contributed by atoms with Crippen molar-refractivity contribution in [2.24, 2.45) is 0 Å². The minimum absolute atomic E-state index is 0.242. The normalized spacial score (nSPS) is 10.3. The summed E-state index contributed by atoms with van der Waals surface area (Å²) in [5, 5.41) is 13.9. The van der Waals surface area contributed by atoms with E-state index in [2.05, 4.69) is 36.8 Å². The van der Waals surface area contributed by atoms with Crippen molar-refractivity contribution < 1.29 is 9.53 Å². The molecule has 0 aliphatic rings. The zero-order chi connectivity index (χ0) is 16.2. The summed E-state index contributed by atoms with van der Waals surface area (Å²) in [6, 6.07) is 12.4. The average molecular weight is 374 g/mol. The van der Waals surface area contributed by atoms with Crippen LogP contribution in [0.25, 0.3) is 5.69 Å². The SMILES string of the molecule is COc1ccc(-n2cnnn2)c(NC(=O)c2cccc(Br)c2)c1. The van der Waals surface area contributed by atoms with Crippen LogP contribution in [-0.2, 0) is 0 Å². The van der Waals surface area contributed by atoms with Crippen LogP contribution in [0.1, 0.15) is 10.4 Å². The van der Waals surface area contributed by atoms with E-state index in [0.29, 0.717) is 22.7 Å². The van der Waals surface area contributed by atoms with Gasteiger partial charge in [-0.25, -0.2) is 0 Å². The Bertz CT molecular complexity index is 836. The largest absolute Gasteiger partial charge is 0.497 e. The number of hydrogen-bond acceptors (Lipinski definition) is 5. The van der Waals surface area contributed by atoms with Gasteiger partial charge in [-0.15, -0.1) is 5.10 Å². The summed E-state index contributed by atoms with van der Waals surface area (Å²) in [6.07, 6.45) is 1.45. The number of ether oxygens (including phenoxy) is 1. The topological polar surface area (TPSA) is 81.9 Å². The van der Waals surface area contributed by atoms with E-state index in [4.69, 9.17) is 4.74 Å². The molecule has 7 nitrogen and oxygen atoms in total. The van der Waals surface area contributed by atoms with Crippen LogP contribution < -0.4 is 10.1 Å². The van der Waals surface area contributed by atoms with Crippen molar-refractivity contribution in [1.29, 1.82) is 0 Å². The Hall–Kier alpha value is -2.74. The molecule has 23 heavy (non-hydrogen) atoms. The van der Waals surface area contributed by atoms with Gasteiger partial charge >= 0.3 is 0 Å². The van der Waals surface area contributed by atoms with Crippen LogP contribution in [0, 0.1) is 0 Å². The van der Waals surface area contributed by atoms with Crippen LogP contribution in [-0.4, -0.2) is 33.2 Å². The van der Waals surface area contributed by atoms with Crippen molar-refractivity contribution in [3.8, 4) is 11.4 Å². The molecular formula is C15H12BrN5O2. The lowest BCUT2D eigenvalue weighted by atomic mass is 10.2. The number of nitrogens with one attached hydrogen (secondary N) is 1. The molecule has 0 bridgehead atoms. The van der Waals surface area contributed by atoms with Gasteiger partial charge in [0.2, 0.25) is 0 Å². The third kappa shape index (κ3) is 3.37. The third-order valence-corrected chi connectivity index (χ3v) is 3.63. The highest BCUT2D eigenvalue weighted by molar-refractivity contribution is 9.10. The second kappa shape index (κ2) is 6.57. The summed E-state index contributed by atoms with van der Waals surface area (Å²) in [7, 11) is 1.56. The van der Waals surface area contributed by atoms with Gasteiger partial charge in [-0.1, -0.05) is 22.0 Å². The summed E-state index contributed by atoms with van der Waals surface area (Å²) in [4.78, 5) is 12.5. The Morgan fingerprint density at radius 1 is 1.26 bits per heavy atom. The van der Waals surface area contributed by atoms with Crippen LogP contribution in [0.4, 0.5) is 5.69 Å². The smallest absolute Gasteiger partial charge is 0.255 e. The first kappa shape index (κ1) is 15.2. The summed E-state index contributed by atoms with van der Waals surface area (Å²) in [6.45, 7) is 0. The number of amides is 1. The predicted octanol–water partition coefficient (Wildman–Crippen LogP) is 2.69. The molecule has 0 saturated carbocycles. The van der Waals surface area contributed by atoms with Gasteiger partial charge in [0.15, 0.2) is 0 Å². The fraction of sp³-hybridized carbons (Fsp3) is 0.0667. The van der Waals surface area contributed by atoms with E-state index in [1.807, 2.05) is 6.07 Å². The number of halogens is 1. The lowest BCUT2D eigenvalue weighted by molar-refractivity contribution is 0.102. The van der Waals surface area contributed by atoms with Crippen LogP contribution in [0.5, 0.6) is 5.75 Å². The van der Waals surface area contributed by atoms with E-state index in [0.717, 1.165) is 4.47 Å². The number of tetrazole rings is 1. The van der Waals surface area contributed by atoms with Crippen LogP contribution in [0.15, 0.2) is 53.3 Å². The number of hydrogen-bond donors (Lipinski definition) is 1. The van der Waals surface area contributed by atoms with Gasteiger partial charge in [0.05, 0.1) is 18.5 Å². The molecular weight excluding hydrogens is 362 g/mol. The van der Waals surface area contributed by atoms with Crippen LogP contribution in [0.2, 0.25) is 0 Å². The third-order valence-electron chi connectivity index (χ3n) is 3.13. The summed E-state index contributed by atoms with van der Waals surface area (Å²) in [5.74, 6) is 0.375. The standard InChI is InChI=1S/C15H12BrN5O2/c1-23-12-5-6-14(21-9-17-19-20-21)13(8-12)18-15(22)10-3-2-4-11(16)7-10/h2-9H,1H3,(H,18,22). The number of carbonyl (C=O) groups excluding carboxylic acids is 1. The fourth-order valence-electron chi connectivity index (χ4n) is 2.04. The highest BCUT2D eigenvalue weighted by Crippen LogP contribution is 2.26. The Morgan fingerprint density at radius 3 is 2.83 bits per heavy atom. The Labute approximate surface area is 140 Å². The lowest BCUT2D eigenvalue weighted by Gasteiger charge is -2.12. The van der Waals surface area contributed by atoms with Gasteiger partial charge in [-0.05, 0) is 40.8 Å². The van der Waals surface area contributed by atoms with Crippen molar-refractivity contribution >= 4 is 27.5 Å². The summed E-state index contributed by atoms with van der Waals surface area (Å²) < 4.78 is 7.51. The monoisotopic (exact) mass is 373 g/mol. The molecule has 0 unspecified atom stereocenters. The van der Waals surface area contributed by atoms with E-state index >= 15 is 0 Å². The predicted molar refractivity (Wildman–Crippen MR) is 87.8 cm³/mol. The van der Waals surface area contributed by atoms with E-state index in [9.17, 15) is 4.79 Å². The molecule has 0 fully saturated rings. The van der Waals surface area contributed by atoms with Gasteiger partial charge in [0.25, 0.3) is 5.91 Å². The van der Waals surface area contributed by atoms with Crippen molar-refractivity contribution in [3.63, 3.8) is 0 Å². The van der Waals surface area contributed by atoms with Gasteiger partial charge in [0, 0.05) is 16.1 Å². The number of benzene rings is 2. The highest BCUT2D eigenvalue weighted by atomic mass is 79.9. The molecule has 0 saturated heterocycles. The van der Waals surface area contributed by atoms with Crippen LogP contribution in [0.3, 0.4) is 0 Å². The maximum Gasteiger partial charge on any atom is 0.255 e. The minimum Gasteiger partial charge on any atom is -0.497 e. The molecule has 0 aliphatic heterocycles. The van der Waals surface area contributed by atoms with Gasteiger partial charge in [-0.3, -0.25) is 4.79 Å². The van der Waals surface area contributed by atoms with Crippen LogP contribution >= 0.6 is 15.9 Å². The molecule has 2 aromatic carbocycles. The van der Waals surface area contributed by atoms with E-state index in [-0.39, 0.29) is 5.91 Å². The average Bonchev–Trinajstić information content (AvgIpc) is 3.09. The number of aromatic nitrogens is 4. The van der Waals surface area contributed by atoms with E-state index < -0.39 is 0 Å². The molecule has 0 spiro atoms. The fourth-order valence-corrected chi connectivity index (χ4v) is 2.44. The number of rotatable bonds is 4. The second-order valence-corrected chi connectivity index (χ2v) is 5.52. The molecule has 8 heteroatoms. The molecule has 1 N–H and O–H groups in total. The van der Waals surface area contributed by atoms with Gasteiger partial charge in [0.1, 0.15) is 12.1 Å². The van der Waals surface area contributed by atoms with Crippen molar-refractivity contribution in [2.75, 3.05) is 12.4 Å². The molecule has 0 atom stereocenters. The molecule has 0 radical (unpaired) electrons. The van der Waals surface area contributed by atoms with Crippen molar-refractivity contribution in [2.45, 2.75) is 0 Å². The summed E-state index contributed by atoms with van der Waals surface area (Å²) in [5.41, 5.74) is 1.71. The van der Waals surface area contributed by atoms with Gasteiger partial charge in [-0.2, -0.15) is 4.68 Å². The van der Waals surface area contributed by atoms with E-state index in [1.165, 1.54) is 11.0 Å². The molecule has 116 valence electrons. The minimum atomic E-state index is -0.242. The van der Waals surface area contributed by atoms with Crippen molar-refractivity contribution in [3.05, 3.63) is 58.8 Å². The zero-order valence-corrected chi connectivity index (χ0v) is 13.7. The Kier molecular flexibility index (Phi) is 4.33. The molecule has 1 aromatic heterocycles. The summed E-state index contributed by atoms with van der Waals surface area (Å²) >= 11 is 3.35. The molecule has 0 aliphatic carbocycles. The maximum absolute atomic E-state index is 12.5.